The fourth-order valence-corrected chi connectivity index (χ4v) is 2.13. The first-order chi connectivity index (χ1) is 6.88. The molecule has 1 atom stereocenters. The second kappa shape index (κ2) is 6.57. The number of hydrogen-bond donors (Lipinski definition) is 1. The standard InChI is InChI=1S/C12H17NS/c1-3-5-9-13-11(7-4-2)12-8-6-10-14-12/h3-4,6,8,10-11,13H,1-2,5,7,9H2. The molecule has 0 saturated carbocycles. The van der Waals surface area contributed by atoms with E-state index in [2.05, 4.69) is 36.0 Å². The zero-order chi connectivity index (χ0) is 10.2. The van der Waals surface area contributed by atoms with Gasteiger partial charge in [0, 0.05) is 10.9 Å². The summed E-state index contributed by atoms with van der Waals surface area (Å²) in [5.41, 5.74) is 0. The number of hydrogen-bond acceptors (Lipinski definition) is 2. The van der Waals surface area contributed by atoms with Crippen LogP contribution in [-0.4, -0.2) is 6.54 Å². The van der Waals surface area contributed by atoms with Gasteiger partial charge in [-0.3, -0.25) is 0 Å². The highest BCUT2D eigenvalue weighted by atomic mass is 32.1. The summed E-state index contributed by atoms with van der Waals surface area (Å²) in [7, 11) is 0. The Morgan fingerprint density at radius 2 is 2.29 bits per heavy atom. The van der Waals surface area contributed by atoms with Crippen LogP contribution in [0.1, 0.15) is 23.8 Å². The molecule has 1 aromatic heterocycles. The molecule has 1 unspecified atom stereocenters. The summed E-state index contributed by atoms with van der Waals surface area (Å²) in [6.45, 7) is 8.48. The number of nitrogens with one attached hydrogen (secondary N) is 1. The van der Waals surface area contributed by atoms with Crippen LogP contribution in [0.2, 0.25) is 0 Å². The van der Waals surface area contributed by atoms with Gasteiger partial charge in [0.1, 0.15) is 0 Å². The van der Waals surface area contributed by atoms with Crippen molar-refractivity contribution in [3.05, 3.63) is 47.7 Å². The molecule has 0 bridgehead atoms. The van der Waals surface area contributed by atoms with Crippen molar-refractivity contribution < 1.29 is 0 Å². The summed E-state index contributed by atoms with van der Waals surface area (Å²) in [4.78, 5) is 1.38. The van der Waals surface area contributed by atoms with E-state index < -0.39 is 0 Å². The number of rotatable bonds is 7. The van der Waals surface area contributed by atoms with E-state index in [1.54, 1.807) is 11.3 Å². The van der Waals surface area contributed by atoms with Crippen molar-refractivity contribution in [3.63, 3.8) is 0 Å². The molecule has 0 amide bonds. The molecular weight excluding hydrogens is 190 g/mol. The minimum atomic E-state index is 0.424. The third kappa shape index (κ3) is 3.48. The second-order valence-electron chi connectivity index (χ2n) is 3.12. The van der Waals surface area contributed by atoms with Crippen molar-refractivity contribution in [2.24, 2.45) is 0 Å². The number of thiophene rings is 1. The van der Waals surface area contributed by atoms with Crippen LogP contribution in [0.3, 0.4) is 0 Å². The summed E-state index contributed by atoms with van der Waals surface area (Å²) in [6.07, 6.45) is 5.90. The Balaban J connectivity index is 2.47. The average molecular weight is 207 g/mol. The molecule has 0 aliphatic heterocycles. The Morgan fingerprint density at radius 3 is 2.86 bits per heavy atom. The van der Waals surface area contributed by atoms with Gasteiger partial charge in [-0.05, 0) is 30.8 Å². The molecule has 1 heterocycles. The van der Waals surface area contributed by atoms with Gasteiger partial charge in [0.25, 0.3) is 0 Å². The van der Waals surface area contributed by atoms with Crippen LogP contribution >= 0.6 is 11.3 Å². The molecular formula is C12H17NS. The molecule has 0 spiro atoms. The van der Waals surface area contributed by atoms with Gasteiger partial charge in [-0.2, -0.15) is 0 Å². The lowest BCUT2D eigenvalue weighted by molar-refractivity contribution is 0.553. The third-order valence-corrected chi connectivity index (χ3v) is 3.01. The molecule has 1 rings (SSSR count). The van der Waals surface area contributed by atoms with E-state index in [9.17, 15) is 0 Å². The second-order valence-corrected chi connectivity index (χ2v) is 4.10. The molecule has 0 radical (unpaired) electrons. The molecule has 0 fully saturated rings. The van der Waals surface area contributed by atoms with E-state index in [-0.39, 0.29) is 0 Å². The molecule has 1 N–H and O–H groups in total. The predicted octanol–water partition coefficient (Wildman–Crippen LogP) is 3.53. The molecule has 0 saturated heterocycles. The molecule has 0 aliphatic carbocycles. The van der Waals surface area contributed by atoms with E-state index >= 15 is 0 Å². The summed E-state index contributed by atoms with van der Waals surface area (Å²) in [5.74, 6) is 0. The van der Waals surface area contributed by atoms with Crippen LogP contribution in [0.15, 0.2) is 42.8 Å². The first-order valence-corrected chi connectivity index (χ1v) is 5.75. The lowest BCUT2D eigenvalue weighted by Crippen LogP contribution is -2.20. The first kappa shape index (κ1) is 11.2. The largest absolute Gasteiger partial charge is 0.309 e. The van der Waals surface area contributed by atoms with Gasteiger partial charge in [-0.15, -0.1) is 24.5 Å². The van der Waals surface area contributed by atoms with Gasteiger partial charge in [0.15, 0.2) is 0 Å². The van der Waals surface area contributed by atoms with Gasteiger partial charge in [-0.25, -0.2) is 0 Å². The van der Waals surface area contributed by atoms with Crippen LogP contribution < -0.4 is 5.32 Å². The van der Waals surface area contributed by atoms with Crippen LogP contribution in [0.4, 0.5) is 0 Å². The normalized spacial score (nSPS) is 12.3. The maximum Gasteiger partial charge on any atom is 0.0449 e. The van der Waals surface area contributed by atoms with Gasteiger partial charge in [0.05, 0.1) is 0 Å². The molecule has 2 heteroatoms. The maximum atomic E-state index is 3.78. The van der Waals surface area contributed by atoms with E-state index in [0.717, 1.165) is 19.4 Å². The van der Waals surface area contributed by atoms with Crippen molar-refractivity contribution in [2.75, 3.05) is 6.54 Å². The first-order valence-electron chi connectivity index (χ1n) is 4.87. The van der Waals surface area contributed by atoms with E-state index in [1.807, 2.05) is 12.2 Å². The van der Waals surface area contributed by atoms with Gasteiger partial charge in [0.2, 0.25) is 0 Å². The van der Waals surface area contributed by atoms with Crippen molar-refractivity contribution in [1.82, 2.24) is 5.32 Å². The molecule has 14 heavy (non-hydrogen) atoms. The van der Waals surface area contributed by atoms with Crippen LogP contribution in [0, 0.1) is 0 Å². The Labute approximate surface area is 90.2 Å². The van der Waals surface area contributed by atoms with Crippen molar-refractivity contribution >= 4 is 11.3 Å². The zero-order valence-corrected chi connectivity index (χ0v) is 9.22. The topological polar surface area (TPSA) is 12.0 Å². The highest BCUT2D eigenvalue weighted by Gasteiger charge is 2.08. The molecule has 1 nitrogen and oxygen atoms in total. The lowest BCUT2D eigenvalue weighted by atomic mass is 10.1. The van der Waals surface area contributed by atoms with Gasteiger partial charge >= 0.3 is 0 Å². The smallest absolute Gasteiger partial charge is 0.0449 e. The Kier molecular flexibility index (Phi) is 5.27. The van der Waals surface area contributed by atoms with E-state index in [1.165, 1.54) is 4.88 Å². The minimum absolute atomic E-state index is 0.424. The van der Waals surface area contributed by atoms with E-state index in [4.69, 9.17) is 0 Å². The quantitative estimate of drug-likeness (QED) is 0.533. The van der Waals surface area contributed by atoms with Gasteiger partial charge in [-0.1, -0.05) is 18.2 Å². The lowest BCUT2D eigenvalue weighted by Gasteiger charge is -2.14. The highest BCUT2D eigenvalue weighted by Crippen LogP contribution is 2.21. The molecule has 1 aromatic rings. The van der Waals surface area contributed by atoms with Crippen molar-refractivity contribution in [2.45, 2.75) is 18.9 Å². The predicted molar refractivity (Wildman–Crippen MR) is 64.7 cm³/mol. The Hall–Kier alpha value is -0.860. The maximum absolute atomic E-state index is 3.78. The van der Waals surface area contributed by atoms with Crippen molar-refractivity contribution in [3.8, 4) is 0 Å². The summed E-state index contributed by atoms with van der Waals surface area (Å²) >= 11 is 1.79. The van der Waals surface area contributed by atoms with Crippen molar-refractivity contribution in [1.29, 1.82) is 0 Å². The van der Waals surface area contributed by atoms with Crippen LogP contribution in [0.25, 0.3) is 0 Å². The zero-order valence-electron chi connectivity index (χ0n) is 8.41. The molecule has 0 aromatic carbocycles. The molecule has 0 aliphatic rings. The highest BCUT2D eigenvalue weighted by molar-refractivity contribution is 7.10. The van der Waals surface area contributed by atoms with Gasteiger partial charge < -0.3 is 5.32 Å². The van der Waals surface area contributed by atoms with E-state index in [0.29, 0.717) is 6.04 Å². The summed E-state index contributed by atoms with van der Waals surface area (Å²) in [6, 6.07) is 4.68. The summed E-state index contributed by atoms with van der Waals surface area (Å²) < 4.78 is 0. The fourth-order valence-electron chi connectivity index (χ4n) is 1.32. The van der Waals surface area contributed by atoms with Crippen LogP contribution in [-0.2, 0) is 0 Å². The monoisotopic (exact) mass is 207 g/mol. The van der Waals surface area contributed by atoms with Crippen LogP contribution in [0.5, 0.6) is 0 Å². The Morgan fingerprint density at radius 1 is 1.43 bits per heavy atom. The Bertz CT molecular complexity index is 264. The fraction of sp³-hybridized carbons (Fsp3) is 0.333. The average Bonchev–Trinajstić information content (AvgIpc) is 2.70. The minimum Gasteiger partial charge on any atom is -0.309 e. The SMILES string of the molecule is C=CCCNC(CC=C)c1cccs1. The summed E-state index contributed by atoms with van der Waals surface area (Å²) in [5, 5.41) is 5.60. The molecule has 76 valence electrons. The third-order valence-electron chi connectivity index (χ3n) is 2.03.